The molecule has 0 bridgehead atoms. The van der Waals surface area contributed by atoms with Crippen LogP contribution in [0.25, 0.3) is 0 Å². The molecular formula is C15H21NO3. The monoisotopic (exact) mass is 263 g/mol. The highest BCUT2D eigenvalue weighted by Gasteiger charge is 2.26. The van der Waals surface area contributed by atoms with E-state index in [-0.39, 0.29) is 11.8 Å². The van der Waals surface area contributed by atoms with Crippen LogP contribution in [0, 0.1) is 5.92 Å². The molecule has 1 aromatic rings. The van der Waals surface area contributed by atoms with Gasteiger partial charge in [0.05, 0.1) is 18.2 Å². The summed E-state index contributed by atoms with van der Waals surface area (Å²) in [5, 5.41) is 10.1. The molecule has 0 fully saturated rings. The quantitative estimate of drug-likeness (QED) is 0.903. The smallest absolute Gasteiger partial charge is 0.257 e. The highest BCUT2D eigenvalue weighted by atomic mass is 16.5. The molecule has 0 saturated carbocycles. The molecular weight excluding hydrogens is 242 g/mol. The maximum atomic E-state index is 12.4. The van der Waals surface area contributed by atoms with Crippen LogP contribution in [-0.4, -0.2) is 41.7 Å². The van der Waals surface area contributed by atoms with E-state index in [9.17, 15) is 9.90 Å². The number of benzene rings is 1. The number of fused-ring (bicyclic) bond motifs is 1. The molecule has 0 aliphatic carbocycles. The molecule has 0 aromatic heterocycles. The van der Waals surface area contributed by atoms with E-state index in [1.807, 2.05) is 32.0 Å². The molecule has 0 spiro atoms. The molecule has 1 aliphatic heterocycles. The minimum atomic E-state index is -0.487. The van der Waals surface area contributed by atoms with Crippen molar-refractivity contribution in [2.24, 2.45) is 5.92 Å². The molecule has 4 nitrogen and oxygen atoms in total. The zero-order chi connectivity index (χ0) is 13.8. The molecule has 2 rings (SSSR count). The summed E-state index contributed by atoms with van der Waals surface area (Å²) >= 11 is 0. The van der Waals surface area contributed by atoms with Crippen molar-refractivity contribution in [3.05, 3.63) is 29.8 Å². The van der Waals surface area contributed by atoms with E-state index in [0.717, 1.165) is 6.42 Å². The number of hydrogen-bond donors (Lipinski definition) is 1. The van der Waals surface area contributed by atoms with E-state index in [0.29, 0.717) is 31.0 Å². The molecule has 1 amide bonds. The molecule has 1 heterocycles. The number of aliphatic hydroxyl groups is 1. The van der Waals surface area contributed by atoms with Crippen molar-refractivity contribution in [2.75, 3.05) is 19.7 Å². The number of ether oxygens (including phenoxy) is 1. The standard InChI is InChI=1S/C15H21NO3/c1-3-11(2)13(17)10-16-8-9-19-14-7-5-4-6-12(14)15(16)18/h4-7,11,13,17H,3,8-10H2,1-2H3. The van der Waals surface area contributed by atoms with Gasteiger partial charge in [0.25, 0.3) is 5.91 Å². The zero-order valence-electron chi connectivity index (χ0n) is 11.5. The van der Waals surface area contributed by atoms with Gasteiger partial charge in [-0.05, 0) is 18.1 Å². The Hall–Kier alpha value is -1.55. The maximum Gasteiger partial charge on any atom is 0.257 e. The Morgan fingerprint density at radius 2 is 2.16 bits per heavy atom. The van der Waals surface area contributed by atoms with Gasteiger partial charge >= 0.3 is 0 Å². The van der Waals surface area contributed by atoms with Crippen LogP contribution in [0.2, 0.25) is 0 Å². The predicted octanol–water partition coefficient (Wildman–Crippen LogP) is 1.93. The Labute approximate surface area is 114 Å². The van der Waals surface area contributed by atoms with Crippen LogP contribution in [0.4, 0.5) is 0 Å². The van der Waals surface area contributed by atoms with Gasteiger partial charge in [-0.15, -0.1) is 0 Å². The molecule has 2 unspecified atom stereocenters. The predicted molar refractivity (Wildman–Crippen MR) is 73.3 cm³/mol. The lowest BCUT2D eigenvalue weighted by molar-refractivity contribution is 0.0485. The number of carbonyl (C=O) groups is 1. The Morgan fingerprint density at radius 1 is 1.42 bits per heavy atom. The lowest BCUT2D eigenvalue weighted by Crippen LogP contribution is -2.40. The van der Waals surface area contributed by atoms with Crippen LogP contribution in [0.5, 0.6) is 5.75 Å². The topological polar surface area (TPSA) is 49.8 Å². The SMILES string of the molecule is CCC(C)C(O)CN1CCOc2ccccc2C1=O. The van der Waals surface area contributed by atoms with Gasteiger partial charge in [-0.2, -0.15) is 0 Å². The van der Waals surface area contributed by atoms with Gasteiger partial charge in [0, 0.05) is 6.54 Å². The van der Waals surface area contributed by atoms with Crippen molar-refractivity contribution >= 4 is 5.91 Å². The number of amides is 1. The molecule has 1 aliphatic rings. The van der Waals surface area contributed by atoms with Crippen molar-refractivity contribution in [1.29, 1.82) is 0 Å². The third-order valence-corrected chi connectivity index (χ3v) is 3.73. The Balaban J connectivity index is 2.13. The Morgan fingerprint density at radius 3 is 2.89 bits per heavy atom. The van der Waals surface area contributed by atoms with Gasteiger partial charge in [-0.3, -0.25) is 4.79 Å². The normalized spacial score (nSPS) is 18.3. The maximum absolute atomic E-state index is 12.4. The second-order valence-electron chi connectivity index (χ2n) is 5.05. The summed E-state index contributed by atoms with van der Waals surface area (Å²) in [5.41, 5.74) is 0.580. The summed E-state index contributed by atoms with van der Waals surface area (Å²) in [6.07, 6.45) is 0.412. The van der Waals surface area contributed by atoms with E-state index in [1.165, 1.54) is 0 Å². The lowest BCUT2D eigenvalue weighted by atomic mass is 10.0. The van der Waals surface area contributed by atoms with E-state index in [4.69, 9.17) is 4.74 Å². The molecule has 4 heteroatoms. The van der Waals surface area contributed by atoms with Gasteiger partial charge in [-0.1, -0.05) is 32.4 Å². The number of aliphatic hydroxyl groups excluding tert-OH is 1. The highest BCUT2D eigenvalue weighted by molar-refractivity contribution is 5.97. The molecule has 2 atom stereocenters. The summed E-state index contributed by atoms with van der Waals surface area (Å²) < 4.78 is 5.57. The van der Waals surface area contributed by atoms with Gasteiger partial charge in [-0.25, -0.2) is 0 Å². The number of carbonyl (C=O) groups excluding carboxylic acids is 1. The number of para-hydroxylation sites is 1. The largest absolute Gasteiger partial charge is 0.491 e. The van der Waals surface area contributed by atoms with Crippen molar-refractivity contribution in [3.63, 3.8) is 0 Å². The van der Waals surface area contributed by atoms with Crippen LogP contribution in [0.1, 0.15) is 30.6 Å². The fourth-order valence-electron chi connectivity index (χ4n) is 2.16. The van der Waals surface area contributed by atoms with E-state index >= 15 is 0 Å². The van der Waals surface area contributed by atoms with E-state index in [2.05, 4.69) is 0 Å². The third-order valence-electron chi connectivity index (χ3n) is 3.73. The number of nitrogens with zero attached hydrogens (tertiary/aromatic N) is 1. The Kier molecular flexibility index (Phi) is 4.43. The van der Waals surface area contributed by atoms with E-state index in [1.54, 1.807) is 11.0 Å². The van der Waals surface area contributed by atoms with Crippen LogP contribution >= 0.6 is 0 Å². The second-order valence-corrected chi connectivity index (χ2v) is 5.05. The summed E-state index contributed by atoms with van der Waals surface area (Å²) in [6, 6.07) is 7.26. The van der Waals surface area contributed by atoms with Crippen molar-refractivity contribution in [1.82, 2.24) is 4.90 Å². The summed E-state index contributed by atoms with van der Waals surface area (Å²) in [6.45, 7) is 5.39. The van der Waals surface area contributed by atoms with Crippen molar-refractivity contribution < 1.29 is 14.6 Å². The summed E-state index contributed by atoms with van der Waals surface area (Å²) in [7, 11) is 0. The highest BCUT2D eigenvalue weighted by Crippen LogP contribution is 2.23. The van der Waals surface area contributed by atoms with Crippen LogP contribution < -0.4 is 4.74 Å². The van der Waals surface area contributed by atoms with Crippen LogP contribution in [0.3, 0.4) is 0 Å². The van der Waals surface area contributed by atoms with Gasteiger partial charge in [0.1, 0.15) is 12.4 Å². The first-order valence-electron chi connectivity index (χ1n) is 6.82. The molecule has 1 aromatic carbocycles. The third kappa shape index (κ3) is 3.07. The van der Waals surface area contributed by atoms with Gasteiger partial charge in [0.2, 0.25) is 0 Å². The fourth-order valence-corrected chi connectivity index (χ4v) is 2.16. The molecule has 19 heavy (non-hydrogen) atoms. The minimum Gasteiger partial charge on any atom is -0.491 e. The lowest BCUT2D eigenvalue weighted by Gasteiger charge is -2.26. The second kappa shape index (κ2) is 6.06. The summed E-state index contributed by atoms with van der Waals surface area (Å²) in [4.78, 5) is 14.1. The molecule has 1 N–H and O–H groups in total. The fraction of sp³-hybridized carbons (Fsp3) is 0.533. The zero-order valence-corrected chi connectivity index (χ0v) is 11.5. The van der Waals surface area contributed by atoms with Gasteiger partial charge in [0.15, 0.2) is 0 Å². The first-order valence-corrected chi connectivity index (χ1v) is 6.82. The number of rotatable bonds is 4. The van der Waals surface area contributed by atoms with Crippen LogP contribution in [-0.2, 0) is 0 Å². The average Bonchev–Trinajstić information content (AvgIpc) is 2.59. The van der Waals surface area contributed by atoms with Crippen molar-refractivity contribution in [2.45, 2.75) is 26.4 Å². The van der Waals surface area contributed by atoms with Crippen LogP contribution in [0.15, 0.2) is 24.3 Å². The summed E-state index contributed by atoms with van der Waals surface area (Å²) in [5.74, 6) is 0.760. The van der Waals surface area contributed by atoms with Crippen molar-refractivity contribution in [3.8, 4) is 5.75 Å². The molecule has 0 saturated heterocycles. The van der Waals surface area contributed by atoms with E-state index < -0.39 is 6.10 Å². The average molecular weight is 263 g/mol. The molecule has 0 radical (unpaired) electrons. The first-order chi connectivity index (χ1) is 9.13. The number of hydrogen-bond acceptors (Lipinski definition) is 3. The Bertz CT molecular complexity index is 447. The number of β-amino-alcohol motifs (C(OH)–C–C–N with tert-alkyl or cyclic N) is 1. The minimum absolute atomic E-state index is 0.0598. The molecule has 104 valence electrons. The first kappa shape index (κ1) is 13.9. The van der Waals surface area contributed by atoms with Gasteiger partial charge < -0.3 is 14.7 Å².